The molecule has 0 unspecified atom stereocenters. The van der Waals surface area contributed by atoms with Gasteiger partial charge in [-0.3, -0.25) is 9.78 Å². The Morgan fingerprint density at radius 1 is 0.846 bits per heavy atom. The van der Waals surface area contributed by atoms with Crippen LogP contribution in [0, 0.1) is 0 Å². The van der Waals surface area contributed by atoms with Crippen LogP contribution in [0.2, 0.25) is 0 Å². The first kappa shape index (κ1) is 17.9. The third kappa shape index (κ3) is 5.28. The van der Waals surface area contributed by atoms with E-state index in [1.807, 2.05) is 48.5 Å². The molecule has 0 aliphatic rings. The van der Waals surface area contributed by atoms with Gasteiger partial charge in [-0.25, -0.2) is 0 Å². The molecule has 132 valence electrons. The normalized spacial score (nSPS) is 10.5. The third-order valence-corrected chi connectivity index (χ3v) is 4.23. The van der Waals surface area contributed by atoms with Crippen molar-refractivity contribution in [1.29, 1.82) is 0 Å². The molecule has 0 fully saturated rings. The monoisotopic (exact) mass is 345 g/mol. The maximum absolute atomic E-state index is 12.0. The number of para-hydroxylation sites is 1. The maximum atomic E-state index is 12.0. The molecule has 1 aromatic heterocycles. The first-order valence-electron chi connectivity index (χ1n) is 9.01. The molecule has 3 nitrogen and oxygen atoms in total. The van der Waals surface area contributed by atoms with Crippen molar-refractivity contribution >= 4 is 5.78 Å². The molecule has 2 aromatic carbocycles. The predicted molar refractivity (Wildman–Crippen MR) is 104 cm³/mol. The van der Waals surface area contributed by atoms with Gasteiger partial charge in [-0.1, -0.05) is 48.5 Å². The van der Waals surface area contributed by atoms with E-state index >= 15 is 0 Å². The number of pyridine rings is 1. The van der Waals surface area contributed by atoms with E-state index in [1.54, 1.807) is 12.4 Å². The number of unbranched alkanes of at least 4 members (excludes halogenated alkanes) is 1. The lowest BCUT2D eigenvalue weighted by Gasteiger charge is -2.11. The lowest BCUT2D eigenvalue weighted by molar-refractivity contribution is -0.118. The van der Waals surface area contributed by atoms with E-state index in [0.717, 1.165) is 35.3 Å². The molecule has 0 atom stereocenters. The second-order valence-electron chi connectivity index (χ2n) is 6.24. The van der Waals surface area contributed by atoms with Crippen molar-refractivity contribution in [3.8, 4) is 16.9 Å². The highest BCUT2D eigenvalue weighted by Crippen LogP contribution is 2.29. The summed E-state index contributed by atoms with van der Waals surface area (Å²) in [6.07, 6.45) is 6.23. The number of benzene rings is 2. The minimum absolute atomic E-state index is 0.265. The smallest absolute Gasteiger partial charge is 0.137 e. The van der Waals surface area contributed by atoms with E-state index in [2.05, 4.69) is 23.2 Å². The van der Waals surface area contributed by atoms with Crippen molar-refractivity contribution < 1.29 is 9.53 Å². The summed E-state index contributed by atoms with van der Waals surface area (Å²) in [4.78, 5) is 16.0. The summed E-state index contributed by atoms with van der Waals surface area (Å²) in [5.74, 6) is 1.16. The molecule has 3 heteroatoms. The lowest BCUT2D eigenvalue weighted by atomic mass is 10.0. The van der Waals surface area contributed by atoms with Gasteiger partial charge in [-0.15, -0.1) is 0 Å². The summed E-state index contributed by atoms with van der Waals surface area (Å²) in [6.45, 7) is 0.617. The van der Waals surface area contributed by atoms with Crippen molar-refractivity contribution in [2.24, 2.45) is 0 Å². The van der Waals surface area contributed by atoms with Gasteiger partial charge in [0.2, 0.25) is 0 Å². The molecule has 0 N–H and O–H groups in total. The fourth-order valence-corrected chi connectivity index (χ4v) is 2.87. The van der Waals surface area contributed by atoms with Crippen LogP contribution in [0.4, 0.5) is 0 Å². The molecule has 0 spiro atoms. The second-order valence-corrected chi connectivity index (χ2v) is 6.24. The molecule has 1 heterocycles. The van der Waals surface area contributed by atoms with Gasteiger partial charge in [0.1, 0.15) is 11.5 Å². The highest BCUT2D eigenvalue weighted by molar-refractivity contribution is 5.80. The van der Waals surface area contributed by atoms with Crippen molar-refractivity contribution in [2.75, 3.05) is 6.61 Å². The molecule has 26 heavy (non-hydrogen) atoms. The largest absolute Gasteiger partial charge is 0.493 e. The Balaban J connectivity index is 1.44. The second kappa shape index (κ2) is 9.52. The topological polar surface area (TPSA) is 39.2 Å². The Morgan fingerprint density at radius 3 is 2.38 bits per heavy atom. The fraction of sp³-hybridized carbons (Fsp3) is 0.217. The van der Waals surface area contributed by atoms with Gasteiger partial charge in [0, 0.05) is 30.8 Å². The number of nitrogens with zero attached hydrogens (tertiary/aromatic N) is 1. The van der Waals surface area contributed by atoms with Crippen LogP contribution >= 0.6 is 0 Å². The first-order valence-corrected chi connectivity index (χ1v) is 9.01. The van der Waals surface area contributed by atoms with Crippen LogP contribution < -0.4 is 4.74 Å². The quantitative estimate of drug-likeness (QED) is 0.506. The van der Waals surface area contributed by atoms with Crippen LogP contribution in [0.25, 0.3) is 11.1 Å². The number of Topliss-reactive ketones (excluding diaryl/α,β-unsaturated/α-hetero) is 1. The van der Waals surface area contributed by atoms with Crippen LogP contribution in [0.5, 0.6) is 5.75 Å². The highest BCUT2D eigenvalue weighted by atomic mass is 16.5. The van der Waals surface area contributed by atoms with E-state index in [1.165, 1.54) is 0 Å². The number of rotatable bonds is 9. The fourth-order valence-electron chi connectivity index (χ4n) is 2.87. The zero-order valence-corrected chi connectivity index (χ0v) is 14.8. The van der Waals surface area contributed by atoms with Crippen molar-refractivity contribution in [2.45, 2.75) is 25.7 Å². The van der Waals surface area contributed by atoms with E-state index in [-0.39, 0.29) is 5.78 Å². The SMILES string of the molecule is O=C(CCCCOc1ccccc1-c1ccccc1)Cc1ccncc1. The highest BCUT2D eigenvalue weighted by Gasteiger charge is 2.06. The van der Waals surface area contributed by atoms with E-state index in [0.29, 0.717) is 19.4 Å². The zero-order valence-electron chi connectivity index (χ0n) is 14.8. The third-order valence-electron chi connectivity index (χ3n) is 4.23. The molecule has 0 aliphatic heterocycles. The van der Waals surface area contributed by atoms with Crippen LogP contribution in [-0.2, 0) is 11.2 Å². The van der Waals surface area contributed by atoms with Gasteiger partial charge in [0.15, 0.2) is 0 Å². The Morgan fingerprint density at radius 2 is 1.58 bits per heavy atom. The van der Waals surface area contributed by atoms with Crippen LogP contribution in [-0.4, -0.2) is 17.4 Å². The minimum Gasteiger partial charge on any atom is -0.493 e. The Kier molecular flexibility index (Phi) is 6.54. The molecule has 0 bridgehead atoms. The van der Waals surface area contributed by atoms with Crippen molar-refractivity contribution in [3.63, 3.8) is 0 Å². The lowest BCUT2D eigenvalue weighted by Crippen LogP contribution is -2.04. The average molecular weight is 345 g/mol. The molecule has 0 saturated carbocycles. The predicted octanol–water partition coefficient (Wildman–Crippen LogP) is 5.11. The zero-order chi connectivity index (χ0) is 18.0. The van der Waals surface area contributed by atoms with Gasteiger partial charge in [-0.2, -0.15) is 0 Å². The average Bonchev–Trinajstić information content (AvgIpc) is 2.69. The standard InChI is InChI=1S/C23H23NO2/c25-21(18-19-13-15-24-16-14-19)10-6-7-17-26-23-12-5-4-11-22(23)20-8-2-1-3-9-20/h1-5,8-9,11-16H,6-7,10,17-18H2. The van der Waals surface area contributed by atoms with Crippen LogP contribution in [0.1, 0.15) is 24.8 Å². The molecular weight excluding hydrogens is 322 g/mol. The number of carbonyl (C=O) groups is 1. The minimum atomic E-state index is 0.265. The van der Waals surface area contributed by atoms with Crippen LogP contribution in [0.15, 0.2) is 79.1 Å². The Hall–Kier alpha value is -2.94. The number of hydrogen-bond donors (Lipinski definition) is 0. The summed E-state index contributed by atoms with van der Waals surface area (Å²) < 4.78 is 5.97. The number of ketones is 1. The van der Waals surface area contributed by atoms with Gasteiger partial charge >= 0.3 is 0 Å². The van der Waals surface area contributed by atoms with Gasteiger partial charge < -0.3 is 4.74 Å². The molecule has 0 saturated heterocycles. The molecule has 0 amide bonds. The number of hydrogen-bond acceptors (Lipinski definition) is 3. The van der Waals surface area contributed by atoms with E-state index < -0.39 is 0 Å². The van der Waals surface area contributed by atoms with Crippen molar-refractivity contribution in [3.05, 3.63) is 84.7 Å². The number of carbonyl (C=O) groups excluding carboxylic acids is 1. The molecule has 3 rings (SSSR count). The van der Waals surface area contributed by atoms with Gasteiger partial charge in [0.25, 0.3) is 0 Å². The summed E-state index contributed by atoms with van der Waals surface area (Å²) >= 11 is 0. The maximum Gasteiger partial charge on any atom is 0.137 e. The summed E-state index contributed by atoms with van der Waals surface area (Å²) in [5.41, 5.74) is 3.27. The molecule has 3 aromatic rings. The summed E-state index contributed by atoms with van der Waals surface area (Å²) in [5, 5.41) is 0. The van der Waals surface area contributed by atoms with Crippen LogP contribution in [0.3, 0.4) is 0 Å². The number of aromatic nitrogens is 1. The van der Waals surface area contributed by atoms with Gasteiger partial charge in [-0.05, 0) is 42.2 Å². The number of ether oxygens (including phenoxy) is 1. The Bertz CT molecular complexity index is 816. The first-order chi connectivity index (χ1) is 12.8. The van der Waals surface area contributed by atoms with E-state index in [4.69, 9.17) is 4.74 Å². The summed E-state index contributed by atoms with van der Waals surface area (Å²) in [7, 11) is 0. The molecule has 0 aliphatic carbocycles. The summed E-state index contributed by atoms with van der Waals surface area (Å²) in [6, 6.07) is 22.1. The van der Waals surface area contributed by atoms with Crippen molar-refractivity contribution in [1.82, 2.24) is 4.98 Å². The molecular formula is C23H23NO2. The molecule has 0 radical (unpaired) electrons. The van der Waals surface area contributed by atoms with Gasteiger partial charge in [0.05, 0.1) is 6.61 Å². The Labute approximate surface area is 154 Å². The van der Waals surface area contributed by atoms with E-state index in [9.17, 15) is 4.79 Å².